The third-order valence-corrected chi connectivity index (χ3v) is 3.27. The van der Waals surface area contributed by atoms with Crippen molar-refractivity contribution in [2.45, 2.75) is 32.6 Å². The number of rotatable bonds is 4. The largest absolute Gasteiger partial charge is 0.145 e. The molecule has 0 spiro atoms. The maximum absolute atomic E-state index is 3.79. The zero-order valence-electron chi connectivity index (χ0n) is 7.84. The van der Waals surface area contributed by atoms with Crippen LogP contribution in [0.3, 0.4) is 0 Å². The molecule has 0 aliphatic carbocycles. The molecule has 0 bridgehead atoms. The molecule has 1 heteroatoms. The van der Waals surface area contributed by atoms with E-state index >= 15 is 0 Å². The first-order valence-electron chi connectivity index (χ1n) is 4.45. The van der Waals surface area contributed by atoms with Crippen molar-refractivity contribution in [1.82, 2.24) is 0 Å². The minimum Gasteiger partial charge on any atom is -0.145 e. The second kappa shape index (κ2) is 4.46. The molecular weight excluding hydrogens is 164 g/mol. The zero-order chi connectivity index (χ0) is 8.97. The Bertz CT molecular complexity index is 247. The van der Waals surface area contributed by atoms with Crippen molar-refractivity contribution in [3.63, 3.8) is 0 Å². The van der Waals surface area contributed by atoms with Crippen LogP contribution < -0.4 is 0 Å². The van der Waals surface area contributed by atoms with Crippen molar-refractivity contribution in [3.05, 3.63) is 34.5 Å². The molecule has 1 atom stereocenters. The first kappa shape index (κ1) is 9.53. The van der Waals surface area contributed by atoms with Gasteiger partial charge in [-0.05, 0) is 37.8 Å². The van der Waals surface area contributed by atoms with E-state index in [0.717, 1.165) is 6.42 Å². The topological polar surface area (TPSA) is 0 Å². The van der Waals surface area contributed by atoms with Gasteiger partial charge in [-0.2, -0.15) is 0 Å². The fraction of sp³-hybridized carbons (Fsp3) is 0.455. The summed E-state index contributed by atoms with van der Waals surface area (Å²) in [6.07, 6.45) is 4.34. The van der Waals surface area contributed by atoms with E-state index in [9.17, 15) is 0 Å². The van der Waals surface area contributed by atoms with E-state index in [1.807, 2.05) is 17.4 Å². The average Bonchev–Trinajstić information content (AvgIpc) is 2.47. The molecule has 0 aliphatic rings. The molecule has 0 fully saturated rings. The van der Waals surface area contributed by atoms with E-state index in [4.69, 9.17) is 0 Å². The van der Waals surface area contributed by atoms with Crippen LogP contribution >= 0.6 is 11.3 Å². The van der Waals surface area contributed by atoms with Crippen LogP contribution in [0.1, 0.15) is 35.4 Å². The molecule has 1 aromatic heterocycles. The van der Waals surface area contributed by atoms with Gasteiger partial charge in [0.15, 0.2) is 0 Å². The molecule has 66 valence electrons. The van der Waals surface area contributed by atoms with Gasteiger partial charge in [-0.1, -0.05) is 13.0 Å². The summed E-state index contributed by atoms with van der Waals surface area (Å²) >= 11 is 1.91. The van der Waals surface area contributed by atoms with Crippen LogP contribution in [0, 0.1) is 6.92 Å². The fourth-order valence-corrected chi connectivity index (χ4v) is 2.43. The minimum absolute atomic E-state index is 0.696. The van der Waals surface area contributed by atoms with Crippen LogP contribution in [0.25, 0.3) is 0 Å². The fourth-order valence-electron chi connectivity index (χ4n) is 1.36. The van der Waals surface area contributed by atoms with E-state index in [2.05, 4.69) is 32.6 Å². The van der Waals surface area contributed by atoms with Gasteiger partial charge in [-0.15, -0.1) is 17.9 Å². The highest BCUT2D eigenvalue weighted by Crippen LogP contribution is 2.29. The maximum Gasteiger partial charge on any atom is 0.00820 e. The number of hydrogen-bond donors (Lipinski definition) is 0. The van der Waals surface area contributed by atoms with Gasteiger partial charge in [-0.25, -0.2) is 0 Å². The predicted octanol–water partition coefficient (Wildman–Crippen LogP) is 4.13. The van der Waals surface area contributed by atoms with Gasteiger partial charge in [0.2, 0.25) is 0 Å². The number of allylic oxidation sites excluding steroid dienone is 1. The zero-order valence-corrected chi connectivity index (χ0v) is 8.66. The standard InChI is InChI=1S/C11H16S/c1-4-6-10(5-2)11-8-7-9(3)12-11/h4,7-8,10H,1,5-6H2,2-3H3. The lowest BCUT2D eigenvalue weighted by Crippen LogP contribution is -1.91. The molecule has 1 aromatic rings. The number of aryl methyl sites for hydroxylation is 1. The van der Waals surface area contributed by atoms with Crippen LogP contribution in [0.2, 0.25) is 0 Å². The molecule has 0 aromatic carbocycles. The Balaban J connectivity index is 2.72. The summed E-state index contributed by atoms with van der Waals surface area (Å²) in [6, 6.07) is 4.45. The summed E-state index contributed by atoms with van der Waals surface area (Å²) in [7, 11) is 0. The molecule has 1 heterocycles. The second-order valence-corrected chi connectivity index (χ2v) is 4.40. The average molecular weight is 180 g/mol. The first-order chi connectivity index (χ1) is 5.77. The Morgan fingerprint density at radius 2 is 2.33 bits per heavy atom. The minimum atomic E-state index is 0.696. The van der Waals surface area contributed by atoms with Crippen molar-refractivity contribution in [1.29, 1.82) is 0 Å². The molecule has 1 unspecified atom stereocenters. The molecule has 0 N–H and O–H groups in total. The van der Waals surface area contributed by atoms with Crippen LogP contribution in [0.15, 0.2) is 24.8 Å². The molecule has 0 saturated carbocycles. The van der Waals surface area contributed by atoms with Crippen molar-refractivity contribution < 1.29 is 0 Å². The molecule has 0 amide bonds. The Kier molecular flexibility index (Phi) is 3.54. The maximum atomic E-state index is 3.79. The lowest BCUT2D eigenvalue weighted by molar-refractivity contribution is 0.687. The van der Waals surface area contributed by atoms with Gasteiger partial charge in [0.25, 0.3) is 0 Å². The van der Waals surface area contributed by atoms with E-state index < -0.39 is 0 Å². The normalized spacial score (nSPS) is 12.8. The highest BCUT2D eigenvalue weighted by atomic mass is 32.1. The van der Waals surface area contributed by atoms with Gasteiger partial charge in [-0.3, -0.25) is 0 Å². The summed E-state index contributed by atoms with van der Waals surface area (Å²) in [6.45, 7) is 8.19. The summed E-state index contributed by atoms with van der Waals surface area (Å²) in [4.78, 5) is 2.92. The highest BCUT2D eigenvalue weighted by Gasteiger charge is 2.08. The van der Waals surface area contributed by atoms with Crippen molar-refractivity contribution in [2.24, 2.45) is 0 Å². The summed E-state index contributed by atoms with van der Waals surface area (Å²) in [5.41, 5.74) is 0. The van der Waals surface area contributed by atoms with Gasteiger partial charge < -0.3 is 0 Å². The predicted molar refractivity (Wildman–Crippen MR) is 56.9 cm³/mol. The van der Waals surface area contributed by atoms with Gasteiger partial charge in [0.05, 0.1) is 0 Å². The lowest BCUT2D eigenvalue weighted by atomic mass is 10.0. The van der Waals surface area contributed by atoms with Crippen molar-refractivity contribution in [2.75, 3.05) is 0 Å². The monoisotopic (exact) mass is 180 g/mol. The molecular formula is C11H16S. The quantitative estimate of drug-likeness (QED) is 0.611. The van der Waals surface area contributed by atoms with Crippen molar-refractivity contribution >= 4 is 11.3 Å². The molecule has 0 nitrogen and oxygen atoms in total. The summed E-state index contributed by atoms with van der Waals surface area (Å²) in [5.74, 6) is 0.696. The smallest absolute Gasteiger partial charge is 0.00820 e. The summed E-state index contributed by atoms with van der Waals surface area (Å²) in [5, 5.41) is 0. The number of thiophene rings is 1. The van der Waals surface area contributed by atoms with Gasteiger partial charge >= 0.3 is 0 Å². The third-order valence-electron chi connectivity index (χ3n) is 2.11. The Morgan fingerprint density at radius 3 is 2.75 bits per heavy atom. The van der Waals surface area contributed by atoms with Crippen LogP contribution in [0.5, 0.6) is 0 Å². The Labute approximate surface area is 78.9 Å². The molecule has 1 rings (SSSR count). The Morgan fingerprint density at radius 1 is 1.58 bits per heavy atom. The summed E-state index contributed by atoms with van der Waals surface area (Å²) < 4.78 is 0. The van der Waals surface area contributed by atoms with Gasteiger partial charge in [0.1, 0.15) is 0 Å². The molecule has 0 saturated heterocycles. The lowest BCUT2D eigenvalue weighted by Gasteiger charge is -2.08. The van der Waals surface area contributed by atoms with Crippen molar-refractivity contribution in [3.8, 4) is 0 Å². The van der Waals surface area contributed by atoms with E-state index in [-0.39, 0.29) is 0 Å². The van der Waals surface area contributed by atoms with Crippen LogP contribution in [-0.4, -0.2) is 0 Å². The SMILES string of the molecule is C=CCC(CC)c1ccc(C)s1. The van der Waals surface area contributed by atoms with Crippen LogP contribution in [-0.2, 0) is 0 Å². The third kappa shape index (κ3) is 2.21. The molecule has 0 aliphatic heterocycles. The first-order valence-corrected chi connectivity index (χ1v) is 5.26. The van der Waals surface area contributed by atoms with E-state index in [1.165, 1.54) is 16.2 Å². The molecule has 0 radical (unpaired) electrons. The Hall–Kier alpha value is -0.560. The van der Waals surface area contributed by atoms with Gasteiger partial charge in [0, 0.05) is 9.75 Å². The second-order valence-electron chi connectivity index (χ2n) is 3.08. The van der Waals surface area contributed by atoms with E-state index in [0.29, 0.717) is 5.92 Å². The molecule has 12 heavy (non-hydrogen) atoms. The highest BCUT2D eigenvalue weighted by molar-refractivity contribution is 7.12. The van der Waals surface area contributed by atoms with E-state index in [1.54, 1.807) is 0 Å². The van der Waals surface area contributed by atoms with Crippen LogP contribution in [0.4, 0.5) is 0 Å². The number of hydrogen-bond acceptors (Lipinski definition) is 1.